The van der Waals surface area contributed by atoms with Crippen molar-refractivity contribution in [1.29, 1.82) is 0 Å². The molecule has 27 heavy (non-hydrogen) atoms. The molecule has 0 saturated carbocycles. The van der Waals surface area contributed by atoms with E-state index in [-0.39, 0.29) is 23.8 Å². The molecule has 0 aliphatic carbocycles. The first-order chi connectivity index (χ1) is 13.2. The fourth-order valence-corrected chi connectivity index (χ4v) is 3.85. The van der Waals surface area contributed by atoms with E-state index in [2.05, 4.69) is 5.32 Å². The summed E-state index contributed by atoms with van der Waals surface area (Å²) in [7, 11) is 0. The van der Waals surface area contributed by atoms with Gasteiger partial charge in [-0.15, -0.1) is 0 Å². The van der Waals surface area contributed by atoms with E-state index >= 15 is 0 Å². The number of nitrogens with zero attached hydrogens (tertiary/aromatic N) is 1. The van der Waals surface area contributed by atoms with E-state index in [9.17, 15) is 9.59 Å². The monoisotopic (exact) mass is 364 g/mol. The Hall–Kier alpha value is -2.66. The quantitative estimate of drug-likeness (QED) is 0.906. The molecule has 4 rings (SSSR count). The lowest BCUT2D eigenvalue weighted by Crippen LogP contribution is -2.42. The van der Waals surface area contributed by atoms with Gasteiger partial charge in [0.15, 0.2) is 0 Å². The van der Waals surface area contributed by atoms with Gasteiger partial charge in [0.05, 0.1) is 13.2 Å². The number of nitrogens with one attached hydrogen (secondary N) is 1. The highest BCUT2D eigenvalue weighted by Gasteiger charge is 2.29. The largest absolute Gasteiger partial charge is 0.370 e. The molecule has 2 aliphatic heterocycles. The van der Waals surface area contributed by atoms with Crippen LogP contribution in [-0.2, 0) is 20.7 Å². The van der Waals surface area contributed by atoms with Crippen LogP contribution in [0, 0.1) is 5.92 Å². The molecule has 2 heterocycles. The number of benzene rings is 2. The maximum atomic E-state index is 12.7. The van der Waals surface area contributed by atoms with Crippen LogP contribution in [0.5, 0.6) is 0 Å². The highest BCUT2D eigenvalue weighted by molar-refractivity contribution is 5.96. The summed E-state index contributed by atoms with van der Waals surface area (Å²) >= 11 is 0. The third-order valence-corrected chi connectivity index (χ3v) is 5.41. The molecule has 140 valence electrons. The molecule has 2 atom stereocenters. The van der Waals surface area contributed by atoms with Crippen molar-refractivity contribution < 1.29 is 14.3 Å². The molecule has 0 unspecified atom stereocenters. The van der Waals surface area contributed by atoms with Crippen LogP contribution in [0.3, 0.4) is 0 Å². The maximum Gasteiger partial charge on any atom is 0.227 e. The van der Waals surface area contributed by atoms with Gasteiger partial charge in [-0.05, 0) is 30.0 Å². The van der Waals surface area contributed by atoms with Crippen LogP contribution in [0.4, 0.5) is 5.69 Å². The fraction of sp³-hybridized carbons (Fsp3) is 0.364. The smallest absolute Gasteiger partial charge is 0.227 e. The Morgan fingerprint density at radius 2 is 1.89 bits per heavy atom. The third kappa shape index (κ3) is 4.03. The van der Waals surface area contributed by atoms with E-state index in [1.807, 2.05) is 59.5 Å². The summed E-state index contributed by atoms with van der Waals surface area (Å²) in [5.41, 5.74) is 3.13. The normalized spacial score (nSPS) is 22.1. The molecular weight excluding hydrogens is 340 g/mol. The number of para-hydroxylation sites is 1. The van der Waals surface area contributed by atoms with E-state index in [1.54, 1.807) is 0 Å². The first-order valence-electron chi connectivity index (χ1n) is 9.54. The van der Waals surface area contributed by atoms with E-state index in [4.69, 9.17) is 4.74 Å². The second-order valence-corrected chi connectivity index (χ2v) is 7.20. The second-order valence-electron chi connectivity index (χ2n) is 7.20. The van der Waals surface area contributed by atoms with Crippen LogP contribution in [0.1, 0.15) is 30.1 Å². The SMILES string of the molecule is O=C1Nc2ccccc2C[C@@H]1CCC(=O)N1CCO[C@@H](c2ccccc2)C1. The predicted molar refractivity (Wildman–Crippen MR) is 103 cm³/mol. The van der Waals surface area contributed by atoms with Gasteiger partial charge in [-0.2, -0.15) is 0 Å². The van der Waals surface area contributed by atoms with Crippen LogP contribution in [-0.4, -0.2) is 36.4 Å². The summed E-state index contributed by atoms with van der Waals surface area (Å²) in [5.74, 6) is -0.0219. The van der Waals surface area contributed by atoms with E-state index in [0.29, 0.717) is 39.0 Å². The number of carbonyl (C=O) groups is 2. The second kappa shape index (κ2) is 7.92. The van der Waals surface area contributed by atoms with Gasteiger partial charge >= 0.3 is 0 Å². The van der Waals surface area contributed by atoms with Crippen molar-refractivity contribution in [2.24, 2.45) is 5.92 Å². The van der Waals surface area contributed by atoms with Gasteiger partial charge in [0.25, 0.3) is 0 Å². The first-order valence-corrected chi connectivity index (χ1v) is 9.54. The number of ether oxygens (including phenoxy) is 1. The van der Waals surface area contributed by atoms with Gasteiger partial charge in [-0.25, -0.2) is 0 Å². The van der Waals surface area contributed by atoms with Gasteiger partial charge in [0.2, 0.25) is 11.8 Å². The number of anilines is 1. The number of morpholine rings is 1. The van der Waals surface area contributed by atoms with E-state index in [0.717, 1.165) is 16.8 Å². The Balaban J connectivity index is 1.33. The summed E-state index contributed by atoms with van der Waals surface area (Å²) in [6.07, 6.45) is 1.59. The number of hydrogen-bond acceptors (Lipinski definition) is 3. The lowest BCUT2D eigenvalue weighted by Gasteiger charge is -2.33. The van der Waals surface area contributed by atoms with Gasteiger partial charge in [0, 0.05) is 24.6 Å². The number of amides is 2. The van der Waals surface area contributed by atoms with Crippen LogP contribution >= 0.6 is 0 Å². The van der Waals surface area contributed by atoms with Crippen LogP contribution in [0.2, 0.25) is 0 Å². The zero-order chi connectivity index (χ0) is 18.6. The van der Waals surface area contributed by atoms with Crippen molar-refractivity contribution in [3.05, 3.63) is 65.7 Å². The van der Waals surface area contributed by atoms with Crippen LogP contribution in [0.15, 0.2) is 54.6 Å². The fourth-order valence-electron chi connectivity index (χ4n) is 3.85. The summed E-state index contributed by atoms with van der Waals surface area (Å²) in [6.45, 7) is 1.73. The van der Waals surface area contributed by atoms with Crippen molar-refractivity contribution in [3.63, 3.8) is 0 Å². The molecule has 1 fully saturated rings. The standard InChI is InChI=1S/C22H24N2O3/c25-21(24-12-13-27-20(15-24)16-6-2-1-3-7-16)11-10-18-14-17-8-4-5-9-19(17)23-22(18)26/h1-9,18,20H,10-15H2,(H,23,26)/t18-,20+/m0/s1. The zero-order valence-corrected chi connectivity index (χ0v) is 15.3. The molecule has 2 aliphatic rings. The molecule has 5 heteroatoms. The van der Waals surface area contributed by atoms with E-state index < -0.39 is 0 Å². The van der Waals surface area contributed by atoms with Crippen molar-refractivity contribution >= 4 is 17.5 Å². The Bertz CT molecular complexity index is 821. The minimum atomic E-state index is -0.144. The highest BCUT2D eigenvalue weighted by atomic mass is 16.5. The first kappa shape index (κ1) is 17.7. The molecule has 1 saturated heterocycles. The zero-order valence-electron chi connectivity index (χ0n) is 15.3. The molecule has 1 N–H and O–H groups in total. The average Bonchev–Trinajstić information content (AvgIpc) is 2.72. The molecule has 2 aromatic rings. The number of rotatable bonds is 4. The lowest BCUT2D eigenvalue weighted by molar-refractivity contribution is -0.139. The Kier molecular flexibility index (Phi) is 5.21. The predicted octanol–water partition coefficient (Wildman–Crippen LogP) is 3.18. The van der Waals surface area contributed by atoms with Gasteiger partial charge in [-0.1, -0.05) is 48.5 Å². The molecule has 0 radical (unpaired) electrons. The number of carbonyl (C=O) groups excluding carboxylic acids is 2. The molecule has 5 nitrogen and oxygen atoms in total. The molecule has 2 aromatic carbocycles. The minimum absolute atomic E-state index is 0.0191. The topological polar surface area (TPSA) is 58.6 Å². The van der Waals surface area contributed by atoms with Crippen molar-refractivity contribution in [3.8, 4) is 0 Å². The summed E-state index contributed by atoms with van der Waals surface area (Å²) < 4.78 is 5.84. The van der Waals surface area contributed by atoms with E-state index in [1.165, 1.54) is 0 Å². The lowest BCUT2D eigenvalue weighted by atomic mass is 9.89. The van der Waals surface area contributed by atoms with Crippen LogP contribution in [0.25, 0.3) is 0 Å². The number of hydrogen-bond donors (Lipinski definition) is 1. The van der Waals surface area contributed by atoms with Crippen LogP contribution < -0.4 is 5.32 Å². The highest BCUT2D eigenvalue weighted by Crippen LogP contribution is 2.28. The summed E-state index contributed by atoms with van der Waals surface area (Å²) in [5, 5.41) is 2.96. The molecule has 2 amide bonds. The molecular formula is C22H24N2O3. The van der Waals surface area contributed by atoms with Crippen molar-refractivity contribution in [2.75, 3.05) is 25.0 Å². The molecule has 0 bridgehead atoms. The molecule has 0 spiro atoms. The Morgan fingerprint density at radius 3 is 2.74 bits per heavy atom. The van der Waals surface area contributed by atoms with Crippen molar-refractivity contribution in [1.82, 2.24) is 4.90 Å². The van der Waals surface area contributed by atoms with Gasteiger partial charge in [-0.3, -0.25) is 9.59 Å². The minimum Gasteiger partial charge on any atom is -0.370 e. The van der Waals surface area contributed by atoms with Gasteiger partial charge in [0.1, 0.15) is 6.10 Å². The third-order valence-electron chi connectivity index (χ3n) is 5.41. The Labute approximate surface area is 159 Å². The summed E-state index contributed by atoms with van der Waals surface area (Å²) in [6, 6.07) is 17.9. The van der Waals surface area contributed by atoms with Gasteiger partial charge < -0.3 is 15.0 Å². The summed E-state index contributed by atoms with van der Waals surface area (Å²) in [4.78, 5) is 26.9. The molecule has 0 aromatic heterocycles. The average molecular weight is 364 g/mol. The van der Waals surface area contributed by atoms with Crippen molar-refractivity contribution in [2.45, 2.75) is 25.4 Å². The Morgan fingerprint density at radius 1 is 1.11 bits per heavy atom. The number of fused-ring (bicyclic) bond motifs is 1. The maximum absolute atomic E-state index is 12.7.